The Hall–Kier alpha value is -3.32. The van der Waals surface area contributed by atoms with Crippen molar-refractivity contribution in [3.8, 4) is 0 Å². The van der Waals surface area contributed by atoms with Crippen molar-refractivity contribution >= 4 is 23.0 Å². The predicted octanol–water partition coefficient (Wildman–Crippen LogP) is 3.32. The molecule has 0 spiro atoms. The number of hydrogen-bond donors (Lipinski definition) is 1. The zero-order valence-corrected chi connectivity index (χ0v) is 15.0. The molecule has 3 aromatic rings. The number of nitrogens with zero attached hydrogens (tertiary/aromatic N) is 3. The van der Waals surface area contributed by atoms with E-state index in [-0.39, 0.29) is 17.9 Å². The fourth-order valence-electron chi connectivity index (χ4n) is 3.12. The number of aliphatic hydroxyl groups is 1. The molecule has 7 heteroatoms. The van der Waals surface area contributed by atoms with Gasteiger partial charge in [0.15, 0.2) is 5.76 Å². The summed E-state index contributed by atoms with van der Waals surface area (Å²) < 4.78 is 0. The summed E-state index contributed by atoms with van der Waals surface area (Å²) in [5, 5.41) is 12.3. The highest BCUT2D eigenvalue weighted by atomic mass is 32.1. The minimum absolute atomic E-state index is 0.0602. The van der Waals surface area contributed by atoms with E-state index < -0.39 is 17.7 Å². The summed E-state index contributed by atoms with van der Waals surface area (Å²) in [6.45, 7) is 0.208. The van der Waals surface area contributed by atoms with Crippen molar-refractivity contribution in [3.05, 3.63) is 93.9 Å². The van der Waals surface area contributed by atoms with E-state index in [0.717, 1.165) is 5.56 Å². The molecule has 134 valence electrons. The van der Waals surface area contributed by atoms with E-state index in [2.05, 4.69) is 9.97 Å². The van der Waals surface area contributed by atoms with Crippen LogP contribution in [0.3, 0.4) is 0 Å². The zero-order chi connectivity index (χ0) is 18.8. The van der Waals surface area contributed by atoms with Crippen molar-refractivity contribution < 1.29 is 14.7 Å². The maximum Gasteiger partial charge on any atom is 0.290 e. The van der Waals surface area contributed by atoms with Crippen molar-refractivity contribution in [2.24, 2.45) is 0 Å². The first-order valence-corrected chi connectivity index (χ1v) is 9.17. The molecule has 1 atom stereocenters. The number of rotatable bonds is 5. The Bertz CT molecular complexity index is 1000. The first kappa shape index (κ1) is 17.1. The largest absolute Gasteiger partial charge is 0.503 e. The van der Waals surface area contributed by atoms with Crippen LogP contribution in [0.15, 0.2) is 77.8 Å². The van der Waals surface area contributed by atoms with E-state index in [0.29, 0.717) is 10.6 Å². The van der Waals surface area contributed by atoms with Gasteiger partial charge >= 0.3 is 0 Å². The number of pyridine rings is 2. The summed E-state index contributed by atoms with van der Waals surface area (Å²) in [6.07, 6.45) is 4.90. The third-order valence-corrected chi connectivity index (χ3v) is 5.21. The van der Waals surface area contributed by atoms with Crippen LogP contribution >= 0.6 is 11.3 Å². The molecule has 4 rings (SSSR count). The van der Waals surface area contributed by atoms with Gasteiger partial charge in [0.05, 0.1) is 16.1 Å². The van der Waals surface area contributed by atoms with Gasteiger partial charge in [0.2, 0.25) is 5.78 Å². The Morgan fingerprint density at radius 2 is 2.04 bits per heavy atom. The molecular weight excluding hydrogens is 362 g/mol. The van der Waals surface area contributed by atoms with Gasteiger partial charge < -0.3 is 10.0 Å². The predicted molar refractivity (Wildman–Crippen MR) is 100 cm³/mol. The standard InChI is InChI=1S/C20H15N3O3S/c24-18(15-7-4-10-27-15)16-17(14-6-1-2-9-22-14)23(20(26)19(16)25)12-13-5-3-8-21-11-13/h1-11,17,25H,12H2/t17-/m1/s1. The molecule has 0 saturated heterocycles. The second-order valence-corrected chi connectivity index (χ2v) is 6.97. The number of hydrogen-bond acceptors (Lipinski definition) is 6. The molecule has 0 radical (unpaired) electrons. The lowest BCUT2D eigenvalue weighted by Gasteiger charge is -2.25. The lowest BCUT2D eigenvalue weighted by atomic mass is 9.99. The number of aliphatic hydroxyl groups excluding tert-OH is 1. The first-order chi connectivity index (χ1) is 13.2. The summed E-state index contributed by atoms with van der Waals surface area (Å²) in [6, 6.07) is 11.6. The van der Waals surface area contributed by atoms with Crippen LogP contribution in [-0.4, -0.2) is 31.7 Å². The maximum absolute atomic E-state index is 13.0. The van der Waals surface area contributed by atoms with E-state index in [9.17, 15) is 14.7 Å². The van der Waals surface area contributed by atoms with E-state index in [4.69, 9.17) is 0 Å². The average molecular weight is 377 g/mol. The van der Waals surface area contributed by atoms with E-state index in [1.165, 1.54) is 16.2 Å². The average Bonchev–Trinajstić information content (AvgIpc) is 3.32. The monoisotopic (exact) mass is 377 g/mol. The van der Waals surface area contributed by atoms with E-state index in [1.54, 1.807) is 60.4 Å². The highest BCUT2D eigenvalue weighted by Gasteiger charge is 2.44. The molecule has 3 aromatic heterocycles. The lowest BCUT2D eigenvalue weighted by molar-refractivity contribution is -0.130. The third-order valence-electron chi connectivity index (χ3n) is 4.34. The Morgan fingerprint density at radius 1 is 1.15 bits per heavy atom. The van der Waals surface area contributed by atoms with E-state index in [1.807, 2.05) is 6.07 Å². The fraction of sp³-hybridized carbons (Fsp3) is 0.100. The van der Waals surface area contributed by atoms with Crippen LogP contribution < -0.4 is 0 Å². The van der Waals surface area contributed by atoms with Gasteiger partial charge in [-0.15, -0.1) is 11.3 Å². The summed E-state index contributed by atoms with van der Waals surface area (Å²) in [7, 11) is 0. The molecule has 27 heavy (non-hydrogen) atoms. The van der Waals surface area contributed by atoms with Crippen molar-refractivity contribution in [1.29, 1.82) is 0 Å². The van der Waals surface area contributed by atoms with E-state index >= 15 is 0 Å². The minimum atomic E-state index is -0.756. The van der Waals surface area contributed by atoms with Crippen molar-refractivity contribution in [1.82, 2.24) is 14.9 Å². The molecule has 1 amide bonds. The molecule has 0 aromatic carbocycles. The van der Waals surface area contributed by atoms with Gasteiger partial charge in [-0.2, -0.15) is 0 Å². The number of amides is 1. The number of thiophene rings is 1. The Balaban J connectivity index is 1.79. The highest BCUT2D eigenvalue weighted by Crippen LogP contribution is 2.39. The van der Waals surface area contributed by atoms with Gasteiger partial charge in [0.1, 0.15) is 6.04 Å². The van der Waals surface area contributed by atoms with Crippen LogP contribution in [0.1, 0.15) is 27.0 Å². The second kappa shape index (κ2) is 7.13. The SMILES string of the molecule is O=C(C1=C(O)C(=O)N(Cc2cccnc2)[C@@H]1c1ccccn1)c1cccs1. The number of carbonyl (C=O) groups excluding carboxylic acids is 2. The molecule has 1 aliphatic heterocycles. The van der Waals surface area contributed by atoms with Crippen LogP contribution in [0.4, 0.5) is 0 Å². The molecule has 0 unspecified atom stereocenters. The zero-order valence-electron chi connectivity index (χ0n) is 14.1. The number of Topliss-reactive ketones (excluding diaryl/α,β-unsaturated/α-hetero) is 1. The minimum Gasteiger partial charge on any atom is -0.503 e. The van der Waals surface area contributed by atoms with Crippen LogP contribution in [0.25, 0.3) is 0 Å². The third kappa shape index (κ3) is 3.13. The first-order valence-electron chi connectivity index (χ1n) is 8.29. The number of ketones is 1. The van der Waals surface area contributed by atoms with Gasteiger partial charge in [-0.05, 0) is 35.2 Å². The molecule has 0 bridgehead atoms. The fourth-order valence-corrected chi connectivity index (χ4v) is 3.80. The Morgan fingerprint density at radius 3 is 2.70 bits per heavy atom. The molecule has 4 heterocycles. The van der Waals surface area contributed by atoms with Crippen LogP contribution in [0, 0.1) is 0 Å². The summed E-state index contributed by atoms with van der Waals surface area (Å²) in [5.74, 6) is -1.47. The van der Waals surface area contributed by atoms with Crippen LogP contribution in [0.2, 0.25) is 0 Å². The van der Waals surface area contributed by atoms with Gasteiger partial charge in [-0.3, -0.25) is 19.6 Å². The molecular formula is C20H15N3O3S. The molecule has 0 fully saturated rings. The molecule has 0 saturated carbocycles. The van der Waals surface area contributed by atoms with Crippen molar-refractivity contribution in [3.63, 3.8) is 0 Å². The second-order valence-electron chi connectivity index (χ2n) is 6.02. The Kier molecular flexibility index (Phi) is 4.52. The molecule has 1 N–H and O–H groups in total. The molecule has 0 aliphatic carbocycles. The van der Waals surface area contributed by atoms with Gasteiger partial charge in [-0.1, -0.05) is 18.2 Å². The van der Waals surface area contributed by atoms with Crippen molar-refractivity contribution in [2.45, 2.75) is 12.6 Å². The molecule has 1 aliphatic rings. The van der Waals surface area contributed by atoms with Gasteiger partial charge in [0.25, 0.3) is 5.91 Å². The molecule has 6 nitrogen and oxygen atoms in total. The number of carbonyl (C=O) groups is 2. The van der Waals surface area contributed by atoms with Gasteiger partial charge in [0, 0.05) is 25.1 Å². The summed E-state index contributed by atoms with van der Waals surface area (Å²) >= 11 is 1.27. The Labute approximate surface area is 159 Å². The highest BCUT2D eigenvalue weighted by molar-refractivity contribution is 7.12. The van der Waals surface area contributed by atoms with Crippen molar-refractivity contribution in [2.75, 3.05) is 0 Å². The summed E-state index contributed by atoms with van der Waals surface area (Å²) in [4.78, 5) is 36.1. The van der Waals surface area contributed by atoms with Crippen LogP contribution in [0.5, 0.6) is 0 Å². The van der Waals surface area contributed by atoms with Gasteiger partial charge in [-0.25, -0.2) is 0 Å². The van der Waals surface area contributed by atoms with Crippen LogP contribution in [-0.2, 0) is 11.3 Å². The summed E-state index contributed by atoms with van der Waals surface area (Å²) in [5.41, 5.74) is 1.38. The normalized spacial score (nSPS) is 16.8. The maximum atomic E-state index is 13.0. The lowest BCUT2D eigenvalue weighted by Crippen LogP contribution is -2.31. The quantitative estimate of drug-likeness (QED) is 0.690. The smallest absolute Gasteiger partial charge is 0.290 e. The number of aromatic nitrogens is 2. The topological polar surface area (TPSA) is 83.4 Å².